The lowest BCUT2D eigenvalue weighted by Gasteiger charge is -2.21. The largest absolute Gasteiger partial charge is 0.494 e. The summed E-state index contributed by atoms with van der Waals surface area (Å²) in [6.07, 6.45) is 0. The maximum Gasteiger partial charge on any atom is 0.278 e. The lowest BCUT2D eigenvalue weighted by Crippen LogP contribution is -2.32. The van der Waals surface area contributed by atoms with Crippen molar-refractivity contribution in [3.05, 3.63) is 98.7 Å². The Morgan fingerprint density at radius 2 is 1.73 bits per heavy atom. The molecule has 0 spiro atoms. The van der Waals surface area contributed by atoms with E-state index in [1.54, 1.807) is 14.0 Å². The molecule has 7 nitrogen and oxygen atoms in total. The number of thiazole rings is 1. The zero-order valence-corrected chi connectivity index (χ0v) is 24.8. The molecule has 0 bridgehead atoms. The molecule has 0 unspecified atom stereocenters. The van der Waals surface area contributed by atoms with Crippen molar-refractivity contribution in [3.8, 4) is 17.1 Å². The third-order valence-corrected chi connectivity index (χ3v) is 8.53. The number of thioether (sulfide) groups is 1. The molecule has 204 valence electrons. The first kappa shape index (κ1) is 27.8. The molecule has 40 heavy (non-hydrogen) atoms. The molecular formula is C30H28N4O3S3. The van der Waals surface area contributed by atoms with Crippen molar-refractivity contribution < 1.29 is 9.53 Å². The number of hydrogen-bond acceptors (Lipinski definition) is 7. The molecule has 0 aliphatic heterocycles. The van der Waals surface area contributed by atoms with E-state index in [0.717, 1.165) is 22.7 Å². The average Bonchev–Trinajstić information content (AvgIpc) is 3.29. The predicted molar refractivity (Wildman–Crippen MR) is 166 cm³/mol. The number of anilines is 1. The molecule has 2 aromatic heterocycles. The molecule has 0 N–H and O–H groups in total. The van der Waals surface area contributed by atoms with Crippen molar-refractivity contribution in [2.75, 3.05) is 23.8 Å². The molecule has 1 amide bonds. The Kier molecular flexibility index (Phi) is 8.49. The van der Waals surface area contributed by atoms with Crippen LogP contribution in [0.5, 0.6) is 5.75 Å². The number of nitrogens with zero attached hydrogens (tertiary/aromatic N) is 4. The van der Waals surface area contributed by atoms with Gasteiger partial charge in [-0.15, -0.1) is 0 Å². The van der Waals surface area contributed by atoms with Gasteiger partial charge in [-0.25, -0.2) is 4.98 Å². The number of rotatable bonds is 9. The monoisotopic (exact) mass is 588 g/mol. The van der Waals surface area contributed by atoms with Gasteiger partial charge in [0.15, 0.2) is 14.8 Å². The Bertz CT molecular complexity index is 1780. The van der Waals surface area contributed by atoms with Crippen LogP contribution in [0.1, 0.15) is 19.4 Å². The Morgan fingerprint density at radius 1 is 1.00 bits per heavy atom. The molecule has 5 rings (SSSR count). The Hall–Kier alpha value is -3.73. The number of amides is 1. The highest BCUT2D eigenvalue weighted by Crippen LogP contribution is 2.29. The highest BCUT2D eigenvalue weighted by Gasteiger charge is 2.21. The number of carbonyl (C=O) groups is 1. The second-order valence-electron chi connectivity index (χ2n) is 8.92. The average molecular weight is 589 g/mol. The van der Waals surface area contributed by atoms with Crippen molar-refractivity contribution in [3.63, 3.8) is 0 Å². The lowest BCUT2D eigenvalue weighted by molar-refractivity contribution is -0.116. The first-order chi connectivity index (χ1) is 19.4. The van der Waals surface area contributed by atoms with Crippen molar-refractivity contribution in [1.82, 2.24) is 14.1 Å². The van der Waals surface area contributed by atoms with E-state index in [-0.39, 0.29) is 17.2 Å². The molecule has 0 radical (unpaired) electrons. The summed E-state index contributed by atoms with van der Waals surface area (Å²) in [5.74, 6) is 0.793. The number of benzene rings is 3. The normalized spacial score (nSPS) is 11.1. The molecular weight excluding hydrogens is 561 g/mol. The highest BCUT2D eigenvalue weighted by molar-refractivity contribution is 7.99. The van der Waals surface area contributed by atoms with Gasteiger partial charge in [0, 0.05) is 17.9 Å². The van der Waals surface area contributed by atoms with Crippen LogP contribution in [0.2, 0.25) is 0 Å². The lowest BCUT2D eigenvalue weighted by atomic mass is 10.2. The number of hydrogen-bond donors (Lipinski definition) is 0. The molecule has 0 saturated carbocycles. The van der Waals surface area contributed by atoms with E-state index in [1.165, 1.54) is 23.1 Å². The predicted octanol–water partition coefficient (Wildman–Crippen LogP) is 6.82. The SMILES string of the molecule is CCOc1ccc(-n2c(=S)sc3c(=O)n(-c4ccccc4)c(SCC(=O)N(CC)c4cccc(C)c4)nc32)cc1. The van der Waals surface area contributed by atoms with E-state index in [2.05, 4.69) is 0 Å². The van der Waals surface area contributed by atoms with Crippen LogP contribution in [0.25, 0.3) is 21.7 Å². The number of aryl methyl sites for hydroxylation is 1. The zero-order chi connectivity index (χ0) is 28.2. The molecule has 3 aromatic carbocycles. The number of carbonyl (C=O) groups excluding carboxylic acids is 1. The second-order valence-corrected chi connectivity index (χ2v) is 11.5. The maximum absolute atomic E-state index is 13.9. The molecule has 0 aliphatic rings. The van der Waals surface area contributed by atoms with Crippen LogP contribution in [0.4, 0.5) is 5.69 Å². The van der Waals surface area contributed by atoms with Gasteiger partial charge in [-0.05, 0) is 87.1 Å². The van der Waals surface area contributed by atoms with Crippen LogP contribution >= 0.6 is 35.3 Å². The van der Waals surface area contributed by atoms with Crippen LogP contribution in [0.15, 0.2) is 88.8 Å². The van der Waals surface area contributed by atoms with Gasteiger partial charge in [0.05, 0.1) is 18.0 Å². The van der Waals surface area contributed by atoms with Gasteiger partial charge in [0.1, 0.15) is 10.4 Å². The van der Waals surface area contributed by atoms with Crippen molar-refractivity contribution in [1.29, 1.82) is 0 Å². The summed E-state index contributed by atoms with van der Waals surface area (Å²) < 4.78 is 9.91. The molecule has 5 aromatic rings. The minimum atomic E-state index is -0.224. The van der Waals surface area contributed by atoms with E-state index >= 15 is 0 Å². The van der Waals surface area contributed by atoms with Crippen molar-refractivity contribution in [2.45, 2.75) is 25.9 Å². The minimum Gasteiger partial charge on any atom is -0.494 e. The molecule has 2 heterocycles. The van der Waals surface area contributed by atoms with Crippen molar-refractivity contribution >= 4 is 57.3 Å². The number of fused-ring (bicyclic) bond motifs is 1. The highest BCUT2D eigenvalue weighted by atomic mass is 32.2. The Balaban J connectivity index is 1.59. The summed E-state index contributed by atoms with van der Waals surface area (Å²) in [6, 6.07) is 24.7. The minimum absolute atomic E-state index is 0.0688. The summed E-state index contributed by atoms with van der Waals surface area (Å²) in [6.45, 7) is 6.98. The first-order valence-corrected chi connectivity index (χ1v) is 15.1. The van der Waals surface area contributed by atoms with E-state index in [0.29, 0.717) is 38.3 Å². The van der Waals surface area contributed by atoms with Gasteiger partial charge in [0.2, 0.25) is 5.91 Å². The third-order valence-electron chi connectivity index (χ3n) is 6.25. The van der Waals surface area contributed by atoms with Crippen LogP contribution in [0, 0.1) is 10.9 Å². The van der Waals surface area contributed by atoms with Gasteiger partial charge in [-0.1, -0.05) is 53.4 Å². The van der Waals surface area contributed by atoms with Crippen LogP contribution in [0.3, 0.4) is 0 Å². The van der Waals surface area contributed by atoms with E-state index in [4.69, 9.17) is 21.9 Å². The molecule has 0 fully saturated rings. The van der Waals surface area contributed by atoms with Crippen LogP contribution in [-0.4, -0.2) is 38.9 Å². The Morgan fingerprint density at radius 3 is 2.40 bits per heavy atom. The topological polar surface area (TPSA) is 69.4 Å². The van der Waals surface area contributed by atoms with Gasteiger partial charge in [0.25, 0.3) is 5.56 Å². The van der Waals surface area contributed by atoms with Crippen LogP contribution in [-0.2, 0) is 4.79 Å². The van der Waals surface area contributed by atoms with Gasteiger partial charge in [-0.3, -0.25) is 18.7 Å². The second kappa shape index (κ2) is 12.2. The summed E-state index contributed by atoms with van der Waals surface area (Å²) in [7, 11) is 0. The maximum atomic E-state index is 13.9. The van der Waals surface area contributed by atoms with Gasteiger partial charge >= 0.3 is 0 Å². The summed E-state index contributed by atoms with van der Waals surface area (Å²) in [4.78, 5) is 34.0. The van der Waals surface area contributed by atoms with E-state index < -0.39 is 0 Å². The summed E-state index contributed by atoms with van der Waals surface area (Å²) >= 11 is 8.17. The van der Waals surface area contributed by atoms with E-state index in [1.807, 2.05) is 99.6 Å². The molecule has 0 aliphatic carbocycles. The fraction of sp³-hybridized carbons (Fsp3) is 0.200. The number of ether oxygens (including phenoxy) is 1. The van der Waals surface area contributed by atoms with E-state index in [9.17, 15) is 9.59 Å². The number of aromatic nitrogens is 3. The van der Waals surface area contributed by atoms with Crippen LogP contribution < -0.4 is 15.2 Å². The van der Waals surface area contributed by atoms with Gasteiger partial charge < -0.3 is 9.64 Å². The number of para-hydroxylation sites is 1. The van der Waals surface area contributed by atoms with Gasteiger partial charge in [-0.2, -0.15) is 0 Å². The Labute approximate surface area is 245 Å². The zero-order valence-electron chi connectivity index (χ0n) is 22.4. The summed E-state index contributed by atoms with van der Waals surface area (Å²) in [5, 5.41) is 0.421. The molecule has 10 heteroatoms. The fourth-order valence-corrected chi connectivity index (χ4v) is 6.61. The molecule has 0 atom stereocenters. The quantitative estimate of drug-likeness (QED) is 0.107. The third kappa shape index (κ3) is 5.60. The van der Waals surface area contributed by atoms with Crippen molar-refractivity contribution in [2.24, 2.45) is 0 Å². The first-order valence-electron chi connectivity index (χ1n) is 12.9. The fourth-order valence-electron chi connectivity index (χ4n) is 4.43. The smallest absolute Gasteiger partial charge is 0.278 e. The summed E-state index contributed by atoms with van der Waals surface area (Å²) in [5.41, 5.74) is 3.63. The standard InChI is InChI=1S/C30H28N4O3S3/c1-4-32(23-13-9-10-20(3)18-23)25(35)19-39-29-31-27-26(28(36)34(29)21-11-7-6-8-12-21)40-30(38)33(27)22-14-16-24(17-15-22)37-5-2/h6-18H,4-5,19H2,1-3H3. The molecule has 0 saturated heterocycles.